The number of rotatable bonds is 3. The molecule has 0 fully saturated rings. The summed E-state index contributed by atoms with van der Waals surface area (Å²) in [7, 11) is 0. The zero-order valence-corrected chi connectivity index (χ0v) is 11.1. The van der Waals surface area contributed by atoms with Crippen LogP contribution in [0.5, 0.6) is 0 Å². The van der Waals surface area contributed by atoms with Gasteiger partial charge in [-0.2, -0.15) is 13.2 Å². The van der Waals surface area contributed by atoms with Gasteiger partial charge in [0, 0.05) is 11.4 Å². The van der Waals surface area contributed by atoms with E-state index in [0.717, 1.165) is 0 Å². The van der Waals surface area contributed by atoms with Crippen molar-refractivity contribution in [2.45, 2.75) is 18.0 Å². The topological polar surface area (TPSA) is 20.3 Å². The summed E-state index contributed by atoms with van der Waals surface area (Å²) in [5, 5.41) is 0.110. The van der Waals surface area contributed by atoms with Gasteiger partial charge < -0.3 is 4.90 Å². The summed E-state index contributed by atoms with van der Waals surface area (Å²) >= 11 is 9.83. The molecule has 1 amide bonds. The molecular weight excluding hydrogens is 287 g/mol. The van der Waals surface area contributed by atoms with Crippen molar-refractivity contribution in [1.29, 1.82) is 0 Å². The number of thiol groups is 1. The SMILES string of the molecule is CCN(CC(F)(F)F)C(=O)c1cc(S)ccc1Cl. The second-order valence-electron chi connectivity index (χ2n) is 3.60. The van der Waals surface area contributed by atoms with E-state index in [1.807, 2.05) is 0 Å². The number of benzene rings is 1. The Bertz CT molecular complexity index is 450. The summed E-state index contributed by atoms with van der Waals surface area (Å²) in [4.78, 5) is 13.1. The van der Waals surface area contributed by atoms with E-state index in [2.05, 4.69) is 12.6 Å². The van der Waals surface area contributed by atoms with E-state index in [0.29, 0.717) is 9.80 Å². The molecule has 0 saturated heterocycles. The van der Waals surface area contributed by atoms with Crippen molar-refractivity contribution in [3.8, 4) is 0 Å². The van der Waals surface area contributed by atoms with Crippen LogP contribution in [0.25, 0.3) is 0 Å². The molecule has 0 N–H and O–H groups in total. The largest absolute Gasteiger partial charge is 0.406 e. The highest BCUT2D eigenvalue weighted by Gasteiger charge is 2.33. The molecule has 0 aliphatic heterocycles. The van der Waals surface area contributed by atoms with Crippen LogP contribution in [0.1, 0.15) is 17.3 Å². The van der Waals surface area contributed by atoms with Gasteiger partial charge in [-0.15, -0.1) is 12.6 Å². The van der Waals surface area contributed by atoms with Crippen molar-refractivity contribution in [2.75, 3.05) is 13.1 Å². The number of halogens is 4. The zero-order valence-electron chi connectivity index (χ0n) is 9.46. The maximum absolute atomic E-state index is 12.3. The first-order chi connectivity index (χ1) is 8.24. The van der Waals surface area contributed by atoms with Crippen LogP contribution in [-0.4, -0.2) is 30.1 Å². The van der Waals surface area contributed by atoms with Crippen LogP contribution in [-0.2, 0) is 0 Å². The molecule has 0 radical (unpaired) electrons. The number of alkyl halides is 3. The van der Waals surface area contributed by atoms with E-state index >= 15 is 0 Å². The summed E-state index contributed by atoms with van der Waals surface area (Å²) < 4.78 is 36.9. The van der Waals surface area contributed by atoms with E-state index in [1.165, 1.54) is 19.1 Å². The molecule has 1 aromatic carbocycles. The van der Waals surface area contributed by atoms with Crippen LogP contribution in [0.3, 0.4) is 0 Å². The Morgan fingerprint density at radius 1 is 1.44 bits per heavy atom. The number of hydrogen-bond donors (Lipinski definition) is 1. The Hall–Kier alpha value is -0.880. The lowest BCUT2D eigenvalue weighted by atomic mass is 10.2. The van der Waals surface area contributed by atoms with Gasteiger partial charge in [-0.05, 0) is 25.1 Å². The fourth-order valence-corrected chi connectivity index (χ4v) is 1.79. The average molecular weight is 298 g/mol. The quantitative estimate of drug-likeness (QED) is 0.844. The molecule has 100 valence electrons. The highest BCUT2D eigenvalue weighted by atomic mass is 35.5. The van der Waals surface area contributed by atoms with Crippen LogP contribution in [0.2, 0.25) is 5.02 Å². The van der Waals surface area contributed by atoms with Gasteiger partial charge in [0.2, 0.25) is 0 Å². The molecular formula is C11H11ClF3NOS. The second-order valence-corrected chi connectivity index (χ2v) is 4.52. The summed E-state index contributed by atoms with van der Waals surface area (Å²) in [6.45, 7) is 0.128. The number of amides is 1. The molecule has 7 heteroatoms. The fraction of sp³-hybridized carbons (Fsp3) is 0.364. The van der Waals surface area contributed by atoms with Gasteiger partial charge in [-0.1, -0.05) is 11.6 Å². The molecule has 0 atom stereocenters. The van der Waals surface area contributed by atoms with Crippen molar-refractivity contribution in [1.82, 2.24) is 4.90 Å². The second kappa shape index (κ2) is 5.84. The lowest BCUT2D eigenvalue weighted by Crippen LogP contribution is -2.38. The van der Waals surface area contributed by atoms with Crippen LogP contribution < -0.4 is 0 Å². The summed E-state index contributed by atoms with van der Waals surface area (Å²) in [6, 6.07) is 4.34. The lowest BCUT2D eigenvalue weighted by Gasteiger charge is -2.22. The van der Waals surface area contributed by atoms with Crippen molar-refractivity contribution < 1.29 is 18.0 Å². The predicted molar refractivity (Wildman–Crippen MR) is 66.3 cm³/mol. The number of carbonyl (C=O) groups excluding carboxylic acids is 1. The van der Waals surface area contributed by atoms with E-state index in [-0.39, 0.29) is 17.1 Å². The Labute approximate surface area is 113 Å². The normalized spacial score (nSPS) is 11.4. The molecule has 0 unspecified atom stereocenters. The first kappa shape index (κ1) is 15.2. The Morgan fingerprint density at radius 2 is 2.06 bits per heavy atom. The molecule has 0 saturated carbocycles. The first-order valence-corrected chi connectivity index (χ1v) is 5.91. The highest BCUT2D eigenvalue weighted by Crippen LogP contribution is 2.23. The Morgan fingerprint density at radius 3 is 2.56 bits per heavy atom. The number of carbonyl (C=O) groups is 1. The minimum Gasteiger partial charge on any atom is -0.330 e. The maximum Gasteiger partial charge on any atom is 0.406 e. The molecule has 18 heavy (non-hydrogen) atoms. The molecule has 0 spiro atoms. The number of hydrogen-bond acceptors (Lipinski definition) is 2. The van der Waals surface area contributed by atoms with Crippen LogP contribution >= 0.6 is 24.2 Å². The number of nitrogens with zero attached hydrogens (tertiary/aromatic N) is 1. The molecule has 1 aromatic rings. The maximum atomic E-state index is 12.3. The summed E-state index contributed by atoms with van der Waals surface area (Å²) in [5.74, 6) is -0.754. The third kappa shape index (κ3) is 4.10. The van der Waals surface area contributed by atoms with Crippen molar-refractivity contribution in [3.63, 3.8) is 0 Å². The van der Waals surface area contributed by atoms with Gasteiger partial charge in [0.1, 0.15) is 6.54 Å². The van der Waals surface area contributed by atoms with E-state index < -0.39 is 18.6 Å². The van der Waals surface area contributed by atoms with Crippen molar-refractivity contribution >= 4 is 30.1 Å². The molecule has 0 heterocycles. The van der Waals surface area contributed by atoms with Gasteiger partial charge >= 0.3 is 6.18 Å². The summed E-state index contributed by atoms with van der Waals surface area (Å²) in [6.07, 6.45) is -4.43. The molecule has 2 nitrogen and oxygen atoms in total. The smallest absolute Gasteiger partial charge is 0.330 e. The molecule has 0 aliphatic rings. The first-order valence-electron chi connectivity index (χ1n) is 5.09. The van der Waals surface area contributed by atoms with Gasteiger partial charge in [0.05, 0.1) is 10.6 Å². The standard InChI is InChI=1S/C11H11ClF3NOS/c1-2-16(6-11(13,14)15)10(17)8-5-7(18)3-4-9(8)12/h3-5,18H,2,6H2,1H3. The van der Waals surface area contributed by atoms with Crippen LogP contribution in [0.4, 0.5) is 13.2 Å². The monoisotopic (exact) mass is 297 g/mol. The van der Waals surface area contributed by atoms with Crippen molar-refractivity contribution in [2.24, 2.45) is 0 Å². The van der Waals surface area contributed by atoms with Gasteiger partial charge in [0.25, 0.3) is 5.91 Å². The Kier molecular flexibility index (Phi) is 4.92. The minimum absolute atomic E-state index is 0.0234. The third-order valence-electron chi connectivity index (χ3n) is 2.22. The molecule has 0 bridgehead atoms. The molecule has 0 aliphatic carbocycles. The van der Waals surface area contributed by atoms with Gasteiger partial charge in [0.15, 0.2) is 0 Å². The van der Waals surface area contributed by atoms with Gasteiger partial charge in [-0.3, -0.25) is 4.79 Å². The zero-order chi connectivity index (χ0) is 13.9. The highest BCUT2D eigenvalue weighted by molar-refractivity contribution is 7.80. The van der Waals surface area contributed by atoms with Gasteiger partial charge in [-0.25, -0.2) is 0 Å². The minimum atomic E-state index is -4.43. The predicted octanol–water partition coefficient (Wildman–Crippen LogP) is 3.65. The van der Waals surface area contributed by atoms with Crippen LogP contribution in [0.15, 0.2) is 23.1 Å². The third-order valence-corrected chi connectivity index (χ3v) is 2.83. The molecule has 0 aromatic heterocycles. The molecule has 1 rings (SSSR count). The van der Waals surface area contributed by atoms with E-state index in [1.54, 1.807) is 6.07 Å². The lowest BCUT2D eigenvalue weighted by molar-refractivity contribution is -0.140. The average Bonchev–Trinajstić information content (AvgIpc) is 2.27. The Balaban J connectivity index is 3.00. The van der Waals surface area contributed by atoms with E-state index in [4.69, 9.17) is 11.6 Å². The van der Waals surface area contributed by atoms with E-state index in [9.17, 15) is 18.0 Å². The van der Waals surface area contributed by atoms with Crippen LogP contribution in [0, 0.1) is 0 Å². The fourth-order valence-electron chi connectivity index (χ4n) is 1.39. The van der Waals surface area contributed by atoms with Crippen molar-refractivity contribution in [3.05, 3.63) is 28.8 Å². The summed E-state index contributed by atoms with van der Waals surface area (Å²) in [5.41, 5.74) is 0.0234.